The first-order valence-corrected chi connectivity index (χ1v) is 11.8. The number of hydrogen-bond donors (Lipinski definition) is 2. The van der Waals surface area contributed by atoms with E-state index in [1.54, 1.807) is 12.4 Å². The van der Waals surface area contributed by atoms with Crippen LogP contribution >= 0.6 is 0 Å². The fraction of sp³-hybridized carbons (Fsp3) is 0.259. The second-order valence-electron chi connectivity index (χ2n) is 8.89. The number of amides is 1. The summed E-state index contributed by atoms with van der Waals surface area (Å²) in [4.78, 5) is 22.0. The molecule has 2 N–H and O–H groups in total. The fourth-order valence-corrected chi connectivity index (χ4v) is 3.94. The topological polar surface area (TPSA) is 94.0 Å². The second kappa shape index (κ2) is 10.1. The number of nitrogens with one attached hydrogen (secondary N) is 2. The maximum atomic E-state index is 12.6. The highest BCUT2D eigenvalue weighted by Crippen LogP contribution is 2.30. The first kappa shape index (κ1) is 22.7. The van der Waals surface area contributed by atoms with Gasteiger partial charge in [-0.2, -0.15) is 5.10 Å². The van der Waals surface area contributed by atoms with Gasteiger partial charge in [0.25, 0.3) is 0 Å². The number of carbonyl (C=O) groups excluding carboxylic acids is 1. The van der Waals surface area contributed by atoms with Gasteiger partial charge in [-0.05, 0) is 35.2 Å². The molecule has 2 aromatic heterocycles. The lowest BCUT2D eigenvalue weighted by molar-refractivity contribution is -0.133. The Morgan fingerprint density at radius 3 is 2.60 bits per heavy atom. The van der Waals surface area contributed by atoms with Gasteiger partial charge in [0.05, 0.1) is 31.0 Å². The van der Waals surface area contributed by atoms with Crippen molar-refractivity contribution in [3.8, 4) is 17.1 Å². The summed E-state index contributed by atoms with van der Waals surface area (Å²) in [7, 11) is 0. The van der Waals surface area contributed by atoms with Gasteiger partial charge in [0, 0.05) is 24.5 Å². The number of carbonyl (C=O) groups is 1. The van der Waals surface area contributed by atoms with Gasteiger partial charge in [-0.25, -0.2) is 14.6 Å². The molecule has 0 radical (unpaired) electrons. The number of anilines is 2. The predicted octanol–water partition coefficient (Wildman–Crippen LogP) is 4.65. The molecule has 1 aliphatic rings. The monoisotopic (exact) mass is 468 g/mol. The number of rotatable bonds is 8. The third-order valence-corrected chi connectivity index (χ3v) is 6.04. The summed E-state index contributed by atoms with van der Waals surface area (Å²) < 4.78 is 6.98. The lowest BCUT2D eigenvalue weighted by atomic mass is 9.97. The van der Waals surface area contributed by atoms with Gasteiger partial charge in [0.15, 0.2) is 11.6 Å². The van der Waals surface area contributed by atoms with Gasteiger partial charge in [-0.15, -0.1) is 0 Å². The fourth-order valence-electron chi connectivity index (χ4n) is 3.94. The molecular weight excluding hydrogens is 440 g/mol. The molecule has 8 nitrogen and oxygen atoms in total. The number of ether oxygens (including phenoxy) is 1. The van der Waals surface area contributed by atoms with Crippen LogP contribution in [0.25, 0.3) is 17.1 Å². The molecule has 1 saturated heterocycles. The number of hydrogen-bond acceptors (Lipinski definition) is 6. The Bertz CT molecular complexity index is 1300. The van der Waals surface area contributed by atoms with Crippen LogP contribution < -0.4 is 10.6 Å². The molecule has 178 valence electrons. The number of benzene rings is 2. The number of nitrogens with zero attached hydrogens (tertiary/aromatic N) is 4. The quantitative estimate of drug-likeness (QED) is 0.391. The Balaban J connectivity index is 1.41. The Hall–Kier alpha value is -4.04. The van der Waals surface area contributed by atoms with E-state index >= 15 is 0 Å². The van der Waals surface area contributed by atoms with Gasteiger partial charge in [0.1, 0.15) is 5.69 Å². The Labute approximate surface area is 204 Å². The van der Waals surface area contributed by atoms with Crippen LogP contribution in [0.2, 0.25) is 0 Å². The van der Waals surface area contributed by atoms with Crippen molar-refractivity contribution in [3.05, 3.63) is 84.3 Å². The summed E-state index contributed by atoms with van der Waals surface area (Å²) in [6, 6.07) is 18.2. The minimum Gasteiger partial charge on any atom is -0.380 e. The number of aromatic nitrogens is 4. The van der Waals surface area contributed by atoms with Gasteiger partial charge < -0.3 is 15.4 Å². The molecule has 0 unspecified atom stereocenters. The average molecular weight is 469 g/mol. The molecule has 0 saturated carbocycles. The van der Waals surface area contributed by atoms with Crippen molar-refractivity contribution >= 4 is 17.4 Å². The van der Waals surface area contributed by atoms with E-state index in [-0.39, 0.29) is 11.8 Å². The molecule has 1 amide bonds. The van der Waals surface area contributed by atoms with Crippen LogP contribution in [-0.4, -0.2) is 38.9 Å². The Morgan fingerprint density at radius 1 is 1.11 bits per heavy atom. The first-order valence-electron chi connectivity index (χ1n) is 11.8. The lowest BCUT2D eigenvalue weighted by Gasteiger charge is -2.25. The summed E-state index contributed by atoms with van der Waals surface area (Å²) in [5, 5.41) is 10.6. The minimum atomic E-state index is -0.140. The van der Waals surface area contributed by atoms with Gasteiger partial charge in [-0.3, -0.25) is 4.79 Å². The molecule has 2 aromatic carbocycles. The summed E-state index contributed by atoms with van der Waals surface area (Å²) in [6.07, 6.45) is 5.35. The smallest absolute Gasteiger partial charge is 0.232 e. The minimum absolute atomic E-state index is 0.0817. The SMILES string of the molecule is CC(C)c1ccccc1-c1ncc(NC(=O)C2COC2)c(NCc2ccc(-n3cccn3)cc2)n1. The zero-order valence-electron chi connectivity index (χ0n) is 19.8. The molecule has 0 aliphatic carbocycles. The van der Waals surface area contributed by atoms with Crippen molar-refractivity contribution in [2.24, 2.45) is 5.92 Å². The van der Waals surface area contributed by atoms with Crippen LogP contribution in [0.1, 0.15) is 30.9 Å². The Kier molecular flexibility index (Phi) is 6.54. The summed E-state index contributed by atoms with van der Waals surface area (Å²) in [6.45, 7) is 5.73. The van der Waals surface area contributed by atoms with Gasteiger partial charge >= 0.3 is 0 Å². The molecule has 0 bridgehead atoms. The molecule has 0 spiro atoms. The molecule has 4 aromatic rings. The predicted molar refractivity (Wildman–Crippen MR) is 135 cm³/mol. The van der Waals surface area contributed by atoms with Crippen LogP contribution in [0.3, 0.4) is 0 Å². The van der Waals surface area contributed by atoms with Crippen molar-refractivity contribution < 1.29 is 9.53 Å². The summed E-state index contributed by atoms with van der Waals surface area (Å²) >= 11 is 0. The molecule has 3 heterocycles. The van der Waals surface area contributed by atoms with E-state index < -0.39 is 0 Å². The van der Waals surface area contributed by atoms with E-state index in [2.05, 4.69) is 40.6 Å². The highest BCUT2D eigenvalue weighted by molar-refractivity contribution is 5.95. The highest BCUT2D eigenvalue weighted by Gasteiger charge is 2.27. The molecule has 8 heteroatoms. The second-order valence-corrected chi connectivity index (χ2v) is 8.89. The van der Waals surface area contributed by atoms with Crippen LogP contribution in [0.4, 0.5) is 11.5 Å². The van der Waals surface area contributed by atoms with E-state index in [1.807, 2.05) is 59.4 Å². The molecule has 35 heavy (non-hydrogen) atoms. The van der Waals surface area contributed by atoms with E-state index in [1.165, 1.54) is 5.56 Å². The lowest BCUT2D eigenvalue weighted by Crippen LogP contribution is -2.38. The molecule has 1 aliphatic heterocycles. The summed E-state index contributed by atoms with van der Waals surface area (Å²) in [5.41, 5.74) is 4.79. The van der Waals surface area contributed by atoms with Gasteiger partial charge in [-0.1, -0.05) is 50.2 Å². The summed E-state index contributed by atoms with van der Waals surface area (Å²) in [5.74, 6) is 1.31. The van der Waals surface area contributed by atoms with Crippen LogP contribution in [0, 0.1) is 5.92 Å². The third kappa shape index (κ3) is 5.07. The Morgan fingerprint density at radius 2 is 1.91 bits per heavy atom. The maximum Gasteiger partial charge on any atom is 0.232 e. The molecule has 1 fully saturated rings. The van der Waals surface area contributed by atoms with Crippen molar-refractivity contribution in [1.29, 1.82) is 0 Å². The molecule has 5 rings (SSSR count). The first-order chi connectivity index (χ1) is 17.1. The average Bonchev–Trinajstić information content (AvgIpc) is 3.38. The highest BCUT2D eigenvalue weighted by atomic mass is 16.5. The van der Waals surface area contributed by atoms with Crippen molar-refractivity contribution in [2.45, 2.75) is 26.3 Å². The van der Waals surface area contributed by atoms with Crippen LogP contribution in [0.15, 0.2) is 73.2 Å². The van der Waals surface area contributed by atoms with Crippen molar-refractivity contribution in [2.75, 3.05) is 23.8 Å². The maximum absolute atomic E-state index is 12.6. The zero-order valence-corrected chi connectivity index (χ0v) is 19.8. The molecular formula is C27H28N6O2. The third-order valence-electron chi connectivity index (χ3n) is 6.04. The van der Waals surface area contributed by atoms with E-state index in [4.69, 9.17) is 9.72 Å². The standard InChI is InChI=1S/C27H28N6O2/c1-18(2)22-6-3-4-7-23(22)25-29-15-24(31-27(34)20-16-35-17-20)26(32-25)28-14-19-8-10-21(11-9-19)33-13-5-12-30-33/h3-13,15,18,20H,14,16-17H2,1-2H3,(H,31,34)(H,28,29,32). The van der Waals surface area contributed by atoms with Crippen LogP contribution in [-0.2, 0) is 16.1 Å². The zero-order chi connectivity index (χ0) is 24.2. The van der Waals surface area contributed by atoms with Crippen molar-refractivity contribution in [1.82, 2.24) is 19.7 Å². The van der Waals surface area contributed by atoms with Gasteiger partial charge in [0.2, 0.25) is 5.91 Å². The van der Waals surface area contributed by atoms with E-state index in [0.29, 0.717) is 43.0 Å². The van der Waals surface area contributed by atoms with E-state index in [9.17, 15) is 4.79 Å². The van der Waals surface area contributed by atoms with Crippen LogP contribution in [0.5, 0.6) is 0 Å². The largest absolute Gasteiger partial charge is 0.380 e. The molecule has 0 atom stereocenters. The van der Waals surface area contributed by atoms with E-state index in [0.717, 1.165) is 16.8 Å². The normalized spacial score (nSPS) is 13.5. The van der Waals surface area contributed by atoms with Crippen molar-refractivity contribution in [3.63, 3.8) is 0 Å².